The summed E-state index contributed by atoms with van der Waals surface area (Å²) in [4.78, 5) is 14.8. The zero-order valence-corrected chi connectivity index (χ0v) is 20.5. The van der Waals surface area contributed by atoms with Crippen molar-refractivity contribution in [1.29, 1.82) is 0 Å². The fourth-order valence-electron chi connectivity index (χ4n) is 3.80. The van der Waals surface area contributed by atoms with Crippen molar-refractivity contribution in [2.24, 2.45) is 10.9 Å². The summed E-state index contributed by atoms with van der Waals surface area (Å²) in [7, 11) is 0. The number of aliphatic imine (C=N–C) groups is 1. The molecule has 2 fully saturated rings. The van der Waals surface area contributed by atoms with Crippen molar-refractivity contribution in [3.05, 3.63) is 16.1 Å². The van der Waals surface area contributed by atoms with Gasteiger partial charge in [0.1, 0.15) is 5.01 Å². The van der Waals surface area contributed by atoms with Crippen molar-refractivity contribution in [1.82, 2.24) is 20.1 Å². The zero-order valence-electron chi connectivity index (χ0n) is 17.3. The van der Waals surface area contributed by atoms with Crippen molar-refractivity contribution in [2.45, 2.75) is 58.9 Å². The van der Waals surface area contributed by atoms with Crippen LogP contribution in [0.2, 0.25) is 0 Å². The monoisotopic (exact) mass is 505 g/mol. The Kier molecular flexibility index (Phi) is 8.80. The highest BCUT2D eigenvalue weighted by Crippen LogP contribution is 2.24. The first-order chi connectivity index (χ1) is 12.5. The minimum atomic E-state index is 0. The lowest BCUT2D eigenvalue weighted by atomic mass is 9.93. The van der Waals surface area contributed by atoms with Gasteiger partial charge in [0, 0.05) is 37.0 Å². The molecule has 3 rings (SSSR count). The second-order valence-corrected chi connectivity index (χ2v) is 9.60. The van der Waals surface area contributed by atoms with Crippen LogP contribution in [0.25, 0.3) is 0 Å². The number of nitrogens with zero attached hydrogens (tertiary/aromatic N) is 4. The van der Waals surface area contributed by atoms with Crippen LogP contribution in [0.15, 0.2) is 10.4 Å². The van der Waals surface area contributed by atoms with Crippen LogP contribution in [0, 0.1) is 5.92 Å². The third-order valence-electron chi connectivity index (χ3n) is 5.32. The van der Waals surface area contributed by atoms with Crippen molar-refractivity contribution in [2.75, 3.05) is 39.3 Å². The van der Waals surface area contributed by atoms with Gasteiger partial charge in [-0.1, -0.05) is 20.8 Å². The number of halogens is 1. The Labute approximate surface area is 186 Å². The number of hydrogen-bond donors (Lipinski definition) is 1. The van der Waals surface area contributed by atoms with Crippen molar-refractivity contribution < 1.29 is 0 Å². The lowest BCUT2D eigenvalue weighted by molar-refractivity contribution is 0.281. The highest BCUT2D eigenvalue weighted by Gasteiger charge is 2.27. The van der Waals surface area contributed by atoms with Gasteiger partial charge in [-0.25, -0.2) is 9.98 Å². The smallest absolute Gasteiger partial charge is 0.194 e. The molecule has 2 aliphatic rings. The summed E-state index contributed by atoms with van der Waals surface area (Å²) in [5, 5.41) is 6.77. The highest BCUT2D eigenvalue weighted by molar-refractivity contribution is 14.0. The van der Waals surface area contributed by atoms with Crippen LogP contribution in [-0.4, -0.2) is 60.0 Å². The summed E-state index contributed by atoms with van der Waals surface area (Å²) in [5.41, 5.74) is 1.28. The van der Waals surface area contributed by atoms with Crippen molar-refractivity contribution >= 4 is 41.3 Å². The molecule has 2 aliphatic heterocycles. The molecule has 0 aliphatic carbocycles. The van der Waals surface area contributed by atoms with E-state index in [2.05, 4.69) is 48.2 Å². The fourth-order valence-corrected chi connectivity index (χ4v) is 4.74. The van der Waals surface area contributed by atoms with E-state index in [1.807, 2.05) is 0 Å². The zero-order chi connectivity index (χ0) is 18.6. The van der Waals surface area contributed by atoms with E-state index in [9.17, 15) is 0 Å². The maximum Gasteiger partial charge on any atom is 0.194 e. The topological polar surface area (TPSA) is 43.8 Å². The van der Waals surface area contributed by atoms with E-state index in [1.165, 1.54) is 44.6 Å². The van der Waals surface area contributed by atoms with E-state index in [-0.39, 0.29) is 29.4 Å². The average molecular weight is 506 g/mol. The maximum absolute atomic E-state index is 4.89. The number of thiazole rings is 1. The number of likely N-dealkylation sites (tertiary alicyclic amines) is 2. The summed E-state index contributed by atoms with van der Waals surface area (Å²) in [6.45, 7) is 16.5. The molecule has 0 spiro atoms. The predicted molar refractivity (Wildman–Crippen MR) is 126 cm³/mol. The van der Waals surface area contributed by atoms with Crippen LogP contribution >= 0.6 is 35.3 Å². The van der Waals surface area contributed by atoms with Gasteiger partial charge in [0.25, 0.3) is 0 Å². The first-order valence-electron chi connectivity index (χ1n) is 10.2. The van der Waals surface area contributed by atoms with Gasteiger partial charge in [-0.3, -0.25) is 0 Å². The minimum Gasteiger partial charge on any atom is -0.357 e. The number of rotatable bonds is 5. The molecule has 0 amide bonds. The Hall–Kier alpha value is -0.410. The number of aromatic nitrogens is 1. The average Bonchev–Trinajstić information content (AvgIpc) is 3.33. The molecule has 0 bridgehead atoms. The lowest BCUT2D eigenvalue weighted by Gasteiger charge is -2.23. The molecule has 0 saturated carbocycles. The quantitative estimate of drug-likeness (QED) is 0.374. The van der Waals surface area contributed by atoms with Gasteiger partial charge in [-0.2, -0.15) is 0 Å². The standard InChI is InChI=1S/C20H35N5S.HI/c1-5-21-19(22-12-18-23-17(15-26-18)20(2,3)4)25-11-8-16(14-25)13-24-9-6-7-10-24;/h15-16H,5-14H2,1-4H3,(H,21,22);1H. The Morgan fingerprint density at radius 3 is 2.67 bits per heavy atom. The minimum absolute atomic E-state index is 0. The molecular weight excluding hydrogens is 469 g/mol. The highest BCUT2D eigenvalue weighted by atomic mass is 127. The van der Waals surface area contributed by atoms with Crippen LogP contribution < -0.4 is 5.32 Å². The normalized spacial score (nSPS) is 21.6. The van der Waals surface area contributed by atoms with Crippen LogP contribution in [0.1, 0.15) is 57.7 Å². The SMILES string of the molecule is CCNC(=NCc1nc(C(C)(C)C)cs1)N1CCC(CN2CCCC2)C1.I. The molecule has 1 N–H and O–H groups in total. The molecule has 3 heterocycles. The second-order valence-electron chi connectivity index (χ2n) is 8.66. The molecule has 0 aromatic carbocycles. The predicted octanol–water partition coefficient (Wildman–Crippen LogP) is 3.94. The molecule has 1 aromatic rings. The summed E-state index contributed by atoms with van der Waals surface area (Å²) in [5.74, 6) is 1.84. The van der Waals surface area contributed by atoms with Crippen LogP contribution in [0.3, 0.4) is 0 Å². The van der Waals surface area contributed by atoms with Gasteiger partial charge in [-0.05, 0) is 45.2 Å². The van der Waals surface area contributed by atoms with Crippen LogP contribution in [0.5, 0.6) is 0 Å². The van der Waals surface area contributed by atoms with E-state index in [1.54, 1.807) is 11.3 Å². The van der Waals surface area contributed by atoms with Crippen molar-refractivity contribution in [3.63, 3.8) is 0 Å². The number of guanidine groups is 1. The van der Waals surface area contributed by atoms with Crippen LogP contribution in [-0.2, 0) is 12.0 Å². The van der Waals surface area contributed by atoms with Gasteiger partial charge < -0.3 is 15.1 Å². The molecule has 27 heavy (non-hydrogen) atoms. The summed E-state index contributed by atoms with van der Waals surface area (Å²) < 4.78 is 0. The molecule has 0 radical (unpaired) electrons. The third-order valence-corrected chi connectivity index (χ3v) is 6.15. The number of nitrogens with one attached hydrogen (secondary N) is 1. The largest absolute Gasteiger partial charge is 0.357 e. The van der Waals surface area contributed by atoms with Gasteiger partial charge in [0.2, 0.25) is 0 Å². The first kappa shape index (κ1) is 22.9. The molecule has 1 unspecified atom stereocenters. The molecule has 2 saturated heterocycles. The first-order valence-corrected chi connectivity index (χ1v) is 11.0. The summed E-state index contributed by atoms with van der Waals surface area (Å²) in [6, 6.07) is 0. The van der Waals surface area contributed by atoms with E-state index in [4.69, 9.17) is 9.98 Å². The van der Waals surface area contributed by atoms with Gasteiger partial charge in [-0.15, -0.1) is 35.3 Å². The van der Waals surface area contributed by atoms with Crippen LogP contribution in [0.4, 0.5) is 0 Å². The molecule has 7 heteroatoms. The summed E-state index contributed by atoms with van der Waals surface area (Å²) >= 11 is 1.73. The third kappa shape index (κ3) is 6.56. The Bertz CT molecular complexity index is 604. The van der Waals surface area contributed by atoms with E-state index < -0.39 is 0 Å². The molecule has 5 nitrogen and oxygen atoms in total. The van der Waals surface area contributed by atoms with E-state index in [0.29, 0.717) is 6.54 Å². The van der Waals surface area contributed by atoms with Gasteiger partial charge >= 0.3 is 0 Å². The van der Waals surface area contributed by atoms with Gasteiger partial charge in [0.05, 0.1) is 12.2 Å². The summed E-state index contributed by atoms with van der Waals surface area (Å²) in [6.07, 6.45) is 4.04. The molecule has 1 aromatic heterocycles. The Morgan fingerprint density at radius 2 is 2.04 bits per heavy atom. The van der Waals surface area contributed by atoms with E-state index in [0.717, 1.165) is 36.5 Å². The fraction of sp³-hybridized carbons (Fsp3) is 0.800. The molecule has 1 atom stereocenters. The lowest BCUT2D eigenvalue weighted by Crippen LogP contribution is -2.40. The molecular formula is C20H36IN5S. The maximum atomic E-state index is 4.89. The number of hydrogen-bond acceptors (Lipinski definition) is 4. The van der Waals surface area contributed by atoms with E-state index >= 15 is 0 Å². The molecule has 154 valence electrons. The Balaban J connectivity index is 0.00000261. The van der Waals surface area contributed by atoms with Crippen molar-refractivity contribution in [3.8, 4) is 0 Å². The second kappa shape index (κ2) is 10.4. The Morgan fingerprint density at radius 1 is 1.30 bits per heavy atom. The van der Waals surface area contributed by atoms with Gasteiger partial charge in [0.15, 0.2) is 5.96 Å².